The number of nitrogens with two attached hydrogens (primary N) is 1. The molecule has 0 atom stereocenters. The quantitative estimate of drug-likeness (QED) is 0.280. The third-order valence-corrected chi connectivity index (χ3v) is 4.25. The molecule has 2 N–H and O–H groups in total. The molecule has 0 aliphatic carbocycles. The summed E-state index contributed by atoms with van der Waals surface area (Å²) in [5.41, 5.74) is 0. The SMILES string of the molecule is CCCCCCCCCCCCCCCC[NH2+]CCC.[I-]. The molecule has 0 spiro atoms. The van der Waals surface area contributed by atoms with E-state index in [1.165, 1.54) is 109 Å². The van der Waals surface area contributed by atoms with Gasteiger partial charge in [0.2, 0.25) is 0 Å². The first-order valence-corrected chi connectivity index (χ1v) is 9.73. The number of hydrogen-bond donors (Lipinski definition) is 1. The minimum atomic E-state index is 0. The van der Waals surface area contributed by atoms with Crippen molar-refractivity contribution >= 4 is 0 Å². The monoisotopic (exact) mass is 411 g/mol. The molecule has 130 valence electrons. The van der Waals surface area contributed by atoms with E-state index >= 15 is 0 Å². The summed E-state index contributed by atoms with van der Waals surface area (Å²) in [6.45, 7) is 7.23. The lowest BCUT2D eigenvalue weighted by molar-refractivity contribution is -0.655. The predicted molar refractivity (Wildman–Crippen MR) is 92.3 cm³/mol. The second-order valence-electron chi connectivity index (χ2n) is 6.46. The topological polar surface area (TPSA) is 16.6 Å². The second kappa shape index (κ2) is 23.0. The van der Waals surface area contributed by atoms with Gasteiger partial charge in [0.1, 0.15) is 0 Å². The maximum atomic E-state index is 2.47. The van der Waals surface area contributed by atoms with Crippen LogP contribution in [0.1, 0.15) is 110 Å². The molecule has 0 fully saturated rings. The molecule has 0 aliphatic rings. The molecule has 0 aliphatic heterocycles. The van der Waals surface area contributed by atoms with Crippen LogP contribution in [-0.2, 0) is 0 Å². The Kier molecular flexibility index (Phi) is 26.2. The third-order valence-electron chi connectivity index (χ3n) is 4.25. The van der Waals surface area contributed by atoms with Crippen molar-refractivity contribution in [1.29, 1.82) is 0 Å². The van der Waals surface area contributed by atoms with Gasteiger partial charge in [0, 0.05) is 0 Å². The van der Waals surface area contributed by atoms with Crippen molar-refractivity contribution < 1.29 is 29.3 Å². The molecule has 0 saturated heterocycles. The van der Waals surface area contributed by atoms with Gasteiger partial charge in [-0.2, -0.15) is 0 Å². The van der Waals surface area contributed by atoms with Crippen LogP contribution in [0.3, 0.4) is 0 Å². The highest BCUT2D eigenvalue weighted by Crippen LogP contribution is 2.12. The Bertz CT molecular complexity index is 144. The van der Waals surface area contributed by atoms with E-state index < -0.39 is 0 Å². The Morgan fingerprint density at radius 2 is 0.810 bits per heavy atom. The Morgan fingerprint density at radius 3 is 1.19 bits per heavy atom. The standard InChI is InChI=1S/C19H41N.HI/c1-3-5-6-7-8-9-10-11-12-13-14-15-16-17-19-20-18-4-2;/h20H,3-19H2,1-2H3;1H. The van der Waals surface area contributed by atoms with Crippen molar-refractivity contribution in [2.24, 2.45) is 0 Å². The highest BCUT2D eigenvalue weighted by molar-refractivity contribution is 4.49. The van der Waals surface area contributed by atoms with Gasteiger partial charge in [0.25, 0.3) is 0 Å². The second-order valence-corrected chi connectivity index (χ2v) is 6.46. The molecule has 0 bridgehead atoms. The van der Waals surface area contributed by atoms with Gasteiger partial charge in [-0.1, -0.05) is 90.9 Å². The van der Waals surface area contributed by atoms with Crippen molar-refractivity contribution in [3.63, 3.8) is 0 Å². The van der Waals surface area contributed by atoms with Gasteiger partial charge in [0.15, 0.2) is 0 Å². The Labute approximate surface area is 152 Å². The van der Waals surface area contributed by atoms with E-state index in [1.807, 2.05) is 0 Å². The summed E-state index contributed by atoms with van der Waals surface area (Å²) in [4.78, 5) is 0. The van der Waals surface area contributed by atoms with Gasteiger partial charge >= 0.3 is 0 Å². The van der Waals surface area contributed by atoms with Crippen molar-refractivity contribution in [2.75, 3.05) is 13.1 Å². The zero-order valence-electron chi connectivity index (χ0n) is 15.0. The molecule has 2 heteroatoms. The van der Waals surface area contributed by atoms with Crippen LogP contribution in [0.25, 0.3) is 0 Å². The highest BCUT2D eigenvalue weighted by atomic mass is 127. The molecule has 0 aromatic carbocycles. The number of quaternary nitrogens is 1. The van der Waals surface area contributed by atoms with Crippen LogP contribution in [0.2, 0.25) is 0 Å². The van der Waals surface area contributed by atoms with E-state index in [2.05, 4.69) is 19.2 Å². The molecule has 0 unspecified atom stereocenters. The van der Waals surface area contributed by atoms with E-state index in [0.717, 1.165) is 0 Å². The lowest BCUT2D eigenvalue weighted by atomic mass is 10.0. The van der Waals surface area contributed by atoms with Crippen LogP contribution in [-0.4, -0.2) is 13.1 Å². The number of rotatable bonds is 17. The number of unbranched alkanes of at least 4 members (excludes halogenated alkanes) is 13. The molecule has 21 heavy (non-hydrogen) atoms. The lowest BCUT2D eigenvalue weighted by Crippen LogP contribution is -3.00. The molecule has 0 radical (unpaired) electrons. The Morgan fingerprint density at radius 1 is 0.429 bits per heavy atom. The van der Waals surface area contributed by atoms with Crippen LogP contribution in [0.5, 0.6) is 0 Å². The van der Waals surface area contributed by atoms with Crippen molar-refractivity contribution in [2.45, 2.75) is 110 Å². The average Bonchev–Trinajstić information content (AvgIpc) is 2.47. The first kappa shape index (κ1) is 23.9. The molecular formula is C19H42IN. The molecule has 0 rings (SSSR count). The van der Waals surface area contributed by atoms with Crippen molar-refractivity contribution in [3.05, 3.63) is 0 Å². The van der Waals surface area contributed by atoms with E-state index in [1.54, 1.807) is 0 Å². The van der Waals surface area contributed by atoms with Crippen LogP contribution < -0.4 is 29.3 Å². The molecule has 0 heterocycles. The Hall–Kier alpha value is 0.690. The zero-order chi connectivity index (χ0) is 14.7. The maximum Gasteiger partial charge on any atom is 0.0755 e. The summed E-state index contributed by atoms with van der Waals surface area (Å²) in [6, 6.07) is 0. The average molecular weight is 411 g/mol. The molecule has 0 aromatic heterocycles. The largest absolute Gasteiger partial charge is 1.00 e. The van der Waals surface area contributed by atoms with E-state index in [0.29, 0.717) is 0 Å². The summed E-state index contributed by atoms with van der Waals surface area (Å²) < 4.78 is 0. The summed E-state index contributed by atoms with van der Waals surface area (Å²) >= 11 is 0. The van der Waals surface area contributed by atoms with Crippen molar-refractivity contribution in [3.8, 4) is 0 Å². The summed E-state index contributed by atoms with van der Waals surface area (Å²) in [7, 11) is 0. The van der Waals surface area contributed by atoms with Gasteiger partial charge in [-0.15, -0.1) is 0 Å². The molecule has 0 saturated carbocycles. The number of hydrogen-bond acceptors (Lipinski definition) is 0. The van der Waals surface area contributed by atoms with E-state index in [9.17, 15) is 0 Å². The van der Waals surface area contributed by atoms with E-state index in [4.69, 9.17) is 0 Å². The molecular weight excluding hydrogens is 369 g/mol. The first-order chi connectivity index (χ1) is 9.91. The van der Waals surface area contributed by atoms with Crippen LogP contribution in [0, 0.1) is 0 Å². The minimum absolute atomic E-state index is 0. The van der Waals surface area contributed by atoms with E-state index in [-0.39, 0.29) is 24.0 Å². The van der Waals surface area contributed by atoms with Crippen molar-refractivity contribution in [1.82, 2.24) is 0 Å². The molecule has 0 amide bonds. The van der Waals surface area contributed by atoms with Crippen LogP contribution in [0.15, 0.2) is 0 Å². The predicted octanol–water partition coefficient (Wildman–Crippen LogP) is 2.45. The maximum absolute atomic E-state index is 2.47. The van der Waals surface area contributed by atoms with Gasteiger partial charge in [-0.25, -0.2) is 0 Å². The molecule has 1 nitrogen and oxygen atoms in total. The highest BCUT2D eigenvalue weighted by Gasteiger charge is 1.94. The van der Waals surface area contributed by atoms with Crippen LogP contribution >= 0.6 is 0 Å². The van der Waals surface area contributed by atoms with Gasteiger partial charge in [-0.3, -0.25) is 0 Å². The summed E-state index contributed by atoms with van der Waals surface area (Å²) in [5, 5.41) is 2.47. The van der Waals surface area contributed by atoms with Crippen LogP contribution in [0.4, 0.5) is 0 Å². The Balaban J connectivity index is 0. The van der Waals surface area contributed by atoms with Gasteiger partial charge < -0.3 is 29.3 Å². The first-order valence-electron chi connectivity index (χ1n) is 9.73. The van der Waals surface area contributed by atoms with Gasteiger partial charge in [-0.05, 0) is 19.3 Å². The summed E-state index contributed by atoms with van der Waals surface area (Å²) in [6.07, 6.45) is 21.8. The van der Waals surface area contributed by atoms with Gasteiger partial charge in [0.05, 0.1) is 13.1 Å². The normalized spacial score (nSPS) is 10.6. The summed E-state index contributed by atoms with van der Waals surface area (Å²) in [5.74, 6) is 0. The third kappa shape index (κ3) is 23.1. The fraction of sp³-hybridized carbons (Fsp3) is 1.00. The molecule has 0 aromatic rings. The minimum Gasteiger partial charge on any atom is -1.00 e. The fourth-order valence-corrected chi connectivity index (χ4v) is 2.83. The smallest absolute Gasteiger partial charge is 0.0755 e. The zero-order valence-corrected chi connectivity index (χ0v) is 17.1. The lowest BCUT2D eigenvalue weighted by Gasteiger charge is -2.03. The fourth-order valence-electron chi connectivity index (χ4n) is 2.83. The number of halogens is 1.